The molecule has 1 saturated carbocycles. The number of rotatable bonds is 7. The van der Waals surface area contributed by atoms with Crippen molar-refractivity contribution in [2.24, 2.45) is 0 Å². The molecule has 0 spiro atoms. The number of amides is 4. The lowest BCUT2D eigenvalue weighted by molar-refractivity contribution is -0.127. The molecule has 1 aliphatic heterocycles. The van der Waals surface area contributed by atoms with Crippen LogP contribution in [0.1, 0.15) is 56.9 Å². The van der Waals surface area contributed by atoms with Gasteiger partial charge in [-0.3, -0.25) is 14.5 Å². The molecule has 6 nitrogen and oxygen atoms in total. The highest BCUT2D eigenvalue weighted by atomic mass is 16.2. The number of benzene rings is 1. The van der Waals surface area contributed by atoms with Crippen molar-refractivity contribution < 1.29 is 14.4 Å². The quantitative estimate of drug-likeness (QED) is 0.571. The van der Waals surface area contributed by atoms with Crippen LogP contribution in [0.2, 0.25) is 0 Å². The van der Waals surface area contributed by atoms with E-state index in [2.05, 4.69) is 10.6 Å². The van der Waals surface area contributed by atoms with E-state index in [1.54, 1.807) is 0 Å². The lowest BCUT2D eigenvalue weighted by atomic mass is 10.1. The van der Waals surface area contributed by atoms with Crippen LogP contribution >= 0.6 is 0 Å². The third-order valence-electron chi connectivity index (χ3n) is 5.45. The van der Waals surface area contributed by atoms with Crippen LogP contribution in [0, 0.1) is 0 Å². The van der Waals surface area contributed by atoms with Crippen molar-refractivity contribution in [3.63, 3.8) is 0 Å². The second kappa shape index (κ2) is 9.53. The molecule has 0 aromatic heterocycles. The Bertz CT molecular complexity index is 654. The fraction of sp³-hybridized carbons (Fsp3) is 0.571. The molecule has 0 radical (unpaired) electrons. The average Bonchev–Trinajstić information content (AvgIpc) is 2.83. The Hall–Kier alpha value is -2.37. The van der Waals surface area contributed by atoms with Gasteiger partial charge in [-0.25, -0.2) is 4.79 Å². The van der Waals surface area contributed by atoms with Crippen LogP contribution in [-0.4, -0.2) is 41.4 Å². The summed E-state index contributed by atoms with van der Waals surface area (Å²) in [5.74, 6) is -0.245. The first-order valence-corrected chi connectivity index (χ1v) is 10.1. The Kier molecular flexibility index (Phi) is 6.85. The van der Waals surface area contributed by atoms with Crippen molar-refractivity contribution in [2.45, 2.75) is 69.9 Å². The van der Waals surface area contributed by atoms with Crippen LogP contribution in [0.3, 0.4) is 0 Å². The summed E-state index contributed by atoms with van der Waals surface area (Å²) in [6, 6.07) is 9.09. The van der Waals surface area contributed by atoms with Crippen molar-refractivity contribution in [1.29, 1.82) is 0 Å². The average molecular weight is 371 g/mol. The zero-order valence-electron chi connectivity index (χ0n) is 15.8. The van der Waals surface area contributed by atoms with Crippen LogP contribution in [-0.2, 0) is 16.0 Å². The van der Waals surface area contributed by atoms with Gasteiger partial charge in [0.2, 0.25) is 5.91 Å². The molecule has 1 atom stereocenters. The summed E-state index contributed by atoms with van der Waals surface area (Å²) in [5.41, 5.74) is 1.09. The zero-order chi connectivity index (χ0) is 19.1. The van der Waals surface area contributed by atoms with Gasteiger partial charge in [-0.05, 0) is 31.2 Å². The highest BCUT2D eigenvalue weighted by molar-refractivity contribution is 6.04. The Morgan fingerprint density at radius 3 is 2.48 bits per heavy atom. The summed E-state index contributed by atoms with van der Waals surface area (Å²) in [4.78, 5) is 38.1. The minimum absolute atomic E-state index is 0.0216. The normalized spacial score (nSPS) is 21.0. The predicted molar refractivity (Wildman–Crippen MR) is 103 cm³/mol. The second-order valence-corrected chi connectivity index (χ2v) is 7.52. The van der Waals surface area contributed by atoms with E-state index >= 15 is 0 Å². The first-order chi connectivity index (χ1) is 13.1. The first kappa shape index (κ1) is 19.4. The number of urea groups is 1. The minimum atomic E-state index is -0.590. The topological polar surface area (TPSA) is 78.5 Å². The summed E-state index contributed by atoms with van der Waals surface area (Å²) < 4.78 is 0. The molecule has 1 heterocycles. The Morgan fingerprint density at radius 1 is 1.07 bits per heavy atom. The molecular weight excluding hydrogens is 342 g/mol. The third kappa shape index (κ3) is 5.55. The smallest absolute Gasteiger partial charge is 0.324 e. The van der Waals surface area contributed by atoms with E-state index in [1.807, 2.05) is 30.3 Å². The number of nitrogens with zero attached hydrogens (tertiary/aromatic N) is 1. The van der Waals surface area contributed by atoms with Crippen molar-refractivity contribution in [2.75, 3.05) is 6.54 Å². The van der Waals surface area contributed by atoms with Gasteiger partial charge in [-0.15, -0.1) is 0 Å². The number of imide groups is 1. The van der Waals surface area contributed by atoms with E-state index < -0.39 is 6.04 Å². The van der Waals surface area contributed by atoms with Gasteiger partial charge in [0.1, 0.15) is 6.04 Å². The molecule has 0 bridgehead atoms. The number of carbonyl (C=O) groups excluding carboxylic acids is 3. The Labute approximate surface area is 160 Å². The second-order valence-electron chi connectivity index (χ2n) is 7.52. The highest BCUT2D eigenvalue weighted by Crippen LogP contribution is 2.18. The lowest BCUT2D eigenvalue weighted by Gasteiger charge is -2.17. The molecule has 1 unspecified atom stereocenters. The standard InChI is InChI=1S/C21H29N3O3/c25-19(22-17-10-6-1-2-7-11-17)13-12-18-20(26)24(21(27)23-18)15-14-16-8-4-3-5-9-16/h3-5,8-9,17-18H,1-2,6-7,10-15H2,(H,22,25)(H,23,27). The predicted octanol–water partition coefficient (Wildman–Crippen LogP) is 2.77. The number of hydrogen-bond donors (Lipinski definition) is 2. The van der Waals surface area contributed by atoms with Crippen molar-refractivity contribution in [3.8, 4) is 0 Å². The van der Waals surface area contributed by atoms with Crippen molar-refractivity contribution in [1.82, 2.24) is 15.5 Å². The van der Waals surface area contributed by atoms with Gasteiger partial charge < -0.3 is 10.6 Å². The maximum absolute atomic E-state index is 12.5. The van der Waals surface area contributed by atoms with E-state index in [0.29, 0.717) is 19.4 Å². The first-order valence-electron chi connectivity index (χ1n) is 10.1. The van der Waals surface area contributed by atoms with Gasteiger partial charge in [0, 0.05) is 19.0 Å². The Morgan fingerprint density at radius 2 is 1.78 bits per heavy atom. The van der Waals surface area contributed by atoms with Gasteiger partial charge in [-0.1, -0.05) is 56.0 Å². The van der Waals surface area contributed by atoms with Crippen LogP contribution in [0.25, 0.3) is 0 Å². The third-order valence-corrected chi connectivity index (χ3v) is 5.45. The van der Waals surface area contributed by atoms with E-state index in [4.69, 9.17) is 0 Å². The summed E-state index contributed by atoms with van der Waals surface area (Å²) in [5, 5.41) is 5.81. The highest BCUT2D eigenvalue weighted by Gasteiger charge is 2.37. The molecule has 146 valence electrons. The summed E-state index contributed by atoms with van der Waals surface area (Å²) in [7, 11) is 0. The molecule has 1 aliphatic carbocycles. The maximum atomic E-state index is 12.5. The molecular formula is C21H29N3O3. The lowest BCUT2D eigenvalue weighted by Crippen LogP contribution is -2.36. The van der Waals surface area contributed by atoms with Gasteiger partial charge in [0.25, 0.3) is 5.91 Å². The number of hydrogen-bond acceptors (Lipinski definition) is 3. The monoisotopic (exact) mass is 371 g/mol. The van der Waals surface area contributed by atoms with Crippen LogP contribution in [0.4, 0.5) is 4.79 Å². The van der Waals surface area contributed by atoms with E-state index in [1.165, 1.54) is 30.6 Å². The molecule has 4 amide bonds. The van der Waals surface area contributed by atoms with E-state index in [0.717, 1.165) is 18.4 Å². The Balaban J connectivity index is 1.43. The number of carbonyl (C=O) groups is 3. The van der Waals surface area contributed by atoms with E-state index in [9.17, 15) is 14.4 Å². The molecule has 27 heavy (non-hydrogen) atoms. The maximum Gasteiger partial charge on any atom is 0.324 e. The van der Waals surface area contributed by atoms with Crippen molar-refractivity contribution >= 4 is 17.8 Å². The fourth-order valence-electron chi connectivity index (χ4n) is 3.87. The fourth-order valence-corrected chi connectivity index (χ4v) is 3.87. The SMILES string of the molecule is O=C(CCC1NC(=O)N(CCc2ccccc2)C1=O)NC1CCCCCC1. The molecule has 1 aromatic carbocycles. The molecule has 6 heteroatoms. The van der Waals surface area contributed by atoms with Crippen LogP contribution < -0.4 is 10.6 Å². The molecule has 2 fully saturated rings. The van der Waals surface area contributed by atoms with Gasteiger partial charge in [-0.2, -0.15) is 0 Å². The van der Waals surface area contributed by atoms with Crippen LogP contribution in [0.15, 0.2) is 30.3 Å². The molecule has 2 aliphatic rings. The van der Waals surface area contributed by atoms with Gasteiger partial charge >= 0.3 is 6.03 Å². The van der Waals surface area contributed by atoms with E-state index in [-0.39, 0.29) is 30.3 Å². The minimum Gasteiger partial charge on any atom is -0.353 e. The summed E-state index contributed by atoms with van der Waals surface area (Å²) >= 11 is 0. The summed E-state index contributed by atoms with van der Waals surface area (Å²) in [6.45, 7) is 0.361. The molecule has 1 aromatic rings. The molecule has 1 saturated heterocycles. The zero-order valence-corrected chi connectivity index (χ0v) is 15.8. The molecule has 3 rings (SSSR count). The van der Waals surface area contributed by atoms with Gasteiger partial charge in [0.15, 0.2) is 0 Å². The summed E-state index contributed by atoms with van der Waals surface area (Å²) in [6.07, 6.45) is 8.15. The van der Waals surface area contributed by atoms with Crippen molar-refractivity contribution in [3.05, 3.63) is 35.9 Å². The number of nitrogens with one attached hydrogen (secondary N) is 2. The van der Waals surface area contributed by atoms with Crippen LogP contribution in [0.5, 0.6) is 0 Å². The largest absolute Gasteiger partial charge is 0.353 e. The van der Waals surface area contributed by atoms with Gasteiger partial charge in [0.05, 0.1) is 0 Å². The molecule has 2 N–H and O–H groups in total.